The molecule has 2 aliphatic rings. The second-order valence-corrected chi connectivity index (χ2v) is 11.8. The molecule has 0 radical (unpaired) electrons. The molecule has 1 aliphatic heterocycles. The fraction of sp³-hybridized carbons (Fsp3) is 0.296. The normalized spacial score (nSPS) is 16.1. The van der Waals surface area contributed by atoms with Gasteiger partial charge in [0.1, 0.15) is 4.83 Å². The van der Waals surface area contributed by atoms with Crippen LogP contribution in [-0.2, 0) is 17.6 Å². The number of aromatic nitrogens is 2. The Balaban J connectivity index is 1.35. The second kappa shape index (κ2) is 9.70. The molecule has 190 valence electrons. The maximum Gasteiger partial charge on any atom is 0.267 e. The van der Waals surface area contributed by atoms with Gasteiger partial charge in [-0.2, -0.15) is 0 Å². The summed E-state index contributed by atoms with van der Waals surface area (Å²) in [6, 6.07) is 10.8. The van der Waals surface area contributed by atoms with Crippen molar-refractivity contribution in [1.29, 1.82) is 0 Å². The van der Waals surface area contributed by atoms with E-state index in [1.807, 2.05) is 19.1 Å². The molecule has 0 spiro atoms. The van der Waals surface area contributed by atoms with E-state index in [9.17, 15) is 9.59 Å². The van der Waals surface area contributed by atoms with Gasteiger partial charge in [0.15, 0.2) is 16.7 Å². The lowest BCUT2D eigenvalue weighted by molar-refractivity contribution is -0.113. The molecular formula is C27H24ClN3O4S2. The topological polar surface area (TPSA) is 82.5 Å². The van der Waals surface area contributed by atoms with Crippen molar-refractivity contribution in [3.05, 3.63) is 67.8 Å². The monoisotopic (exact) mass is 553 g/mol. The summed E-state index contributed by atoms with van der Waals surface area (Å²) in [6.07, 6.45) is 2.91. The predicted molar refractivity (Wildman–Crippen MR) is 148 cm³/mol. The molecule has 1 amide bonds. The Kier molecular flexibility index (Phi) is 6.38. The number of thiophene rings is 1. The van der Waals surface area contributed by atoms with Gasteiger partial charge in [0.2, 0.25) is 12.7 Å². The summed E-state index contributed by atoms with van der Waals surface area (Å²) in [5.41, 5.74) is 3.18. The number of benzene rings is 2. The standard InChI is InChI=1S/C27H24ClN3O4S2/c1-14-3-7-18-22(9-14)37-25-24(18)26(33)31(17-6-4-15(2)19(28)11-17)27(30-25)36-12-23(32)29-16-5-8-20-21(10-16)35-13-34-20/h4-6,8,10-11,14H,3,7,9,12-13H2,1-2H3,(H,29,32)/t14-/m1/s1. The van der Waals surface area contributed by atoms with Crippen molar-refractivity contribution in [3.63, 3.8) is 0 Å². The average molecular weight is 554 g/mol. The van der Waals surface area contributed by atoms with Crippen LogP contribution in [0.3, 0.4) is 0 Å². The number of halogens is 1. The first kappa shape index (κ1) is 24.3. The number of anilines is 1. The minimum absolute atomic E-state index is 0.0775. The van der Waals surface area contributed by atoms with E-state index in [1.165, 1.54) is 16.6 Å². The van der Waals surface area contributed by atoms with Crippen molar-refractivity contribution < 1.29 is 14.3 Å². The van der Waals surface area contributed by atoms with Gasteiger partial charge < -0.3 is 14.8 Å². The zero-order valence-corrected chi connectivity index (χ0v) is 22.7. The maximum atomic E-state index is 14.0. The third-order valence-electron chi connectivity index (χ3n) is 6.70. The molecule has 7 nitrogen and oxygen atoms in total. The van der Waals surface area contributed by atoms with Crippen LogP contribution in [-0.4, -0.2) is 28.0 Å². The Hall–Kier alpha value is -3.01. The fourth-order valence-electron chi connectivity index (χ4n) is 4.72. The molecule has 37 heavy (non-hydrogen) atoms. The van der Waals surface area contributed by atoms with Crippen LogP contribution in [0, 0.1) is 12.8 Å². The molecule has 10 heteroatoms. The third-order valence-corrected chi connectivity index (χ3v) is 9.19. The number of carbonyl (C=O) groups excluding carboxylic acids is 1. The van der Waals surface area contributed by atoms with Gasteiger partial charge >= 0.3 is 0 Å². The molecule has 1 N–H and O–H groups in total. The number of hydrogen-bond acceptors (Lipinski definition) is 7. The zero-order chi connectivity index (χ0) is 25.7. The number of ether oxygens (including phenoxy) is 2. The summed E-state index contributed by atoms with van der Waals surface area (Å²) in [6.45, 7) is 4.33. The minimum Gasteiger partial charge on any atom is -0.454 e. The molecule has 1 aliphatic carbocycles. The molecule has 0 unspecified atom stereocenters. The number of rotatable bonds is 5. The highest BCUT2D eigenvalue weighted by atomic mass is 35.5. The van der Waals surface area contributed by atoms with E-state index in [0.29, 0.717) is 44.4 Å². The van der Waals surface area contributed by atoms with Crippen LogP contribution < -0.4 is 20.3 Å². The lowest BCUT2D eigenvalue weighted by Gasteiger charge is -2.18. The summed E-state index contributed by atoms with van der Waals surface area (Å²) >= 11 is 9.26. The Labute approximate surface area is 226 Å². The van der Waals surface area contributed by atoms with Crippen molar-refractivity contribution in [2.45, 2.75) is 38.3 Å². The van der Waals surface area contributed by atoms with Crippen molar-refractivity contribution in [1.82, 2.24) is 9.55 Å². The van der Waals surface area contributed by atoms with Gasteiger partial charge in [-0.3, -0.25) is 14.2 Å². The Morgan fingerprint density at radius 2 is 2.08 bits per heavy atom. The first-order valence-corrected chi connectivity index (χ1v) is 14.2. The molecule has 0 saturated carbocycles. The first-order chi connectivity index (χ1) is 17.9. The summed E-state index contributed by atoms with van der Waals surface area (Å²) in [5, 5.41) is 4.61. The van der Waals surface area contributed by atoms with Gasteiger partial charge in [0.05, 0.1) is 16.8 Å². The van der Waals surface area contributed by atoms with E-state index in [0.717, 1.165) is 35.2 Å². The number of aryl methyl sites for hydroxylation is 2. The molecule has 4 aromatic rings. The molecule has 2 aromatic carbocycles. The van der Waals surface area contributed by atoms with Crippen LogP contribution in [0.15, 0.2) is 46.3 Å². The van der Waals surface area contributed by atoms with Crippen LogP contribution in [0.5, 0.6) is 11.5 Å². The zero-order valence-electron chi connectivity index (χ0n) is 20.3. The van der Waals surface area contributed by atoms with Crippen LogP contribution in [0.1, 0.15) is 29.3 Å². The smallest absolute Gasteiger partial charge is 0.267 e. The van der Waals surface area contributed by atoms with Crippen molar-refractivity contribution in [2.24, 2.45) is 5.92 Å². The third kappa shape index (κ3) is 4.60. The molecule has 2 aromatic heterocycles. The lowest BCUT2D eigenvalue weighted by atomic mass is 9.89. The summed E-state index contributed by atoms with van der Waals surface area (Å²) in [4.78, 5) is 33.7. The largest absolute Gasteiger partial charge is 0.454 e. The quantitative estimate of drug-likeness (QED) is 0.241. The second-order valence-electron chi connectivity index (χ2n) is 9.41. The van der Waals surface area contributed by atoms with Gasteiger partial charge in [-0.05, 0) is 67.5 Å². The summed E-state index contributed by atoms with van der Waals surface area (Å²) in [7, 11) is 0. The number of thioether (sulfide) groups is 1. The summed E-state index contributed by atoms with van der Waals surface area (Å²) < 4.78 is 12.3. The van der Waals surface area contributed by atoms with Crippen LogP contribution in [0.4, 0.5) is 5.69 Å². The van der Waals surface area contributed by atoms with Crippen molar-refractivity contribution >= 4 is 56.5 Å². The van der Waals surface area contributed by atoms with E-state index < -0.39 is 0 Å². The van der Waals surface area contributed by atoms with Gasteiger partial charge in [0.25, 0.3) is 5.56 Å². The lowest BCUT2D eigenvalue weighted by Crippen LogP contribution is -2.23. The van der Waals surface area contributed by atoms with Gasteiger partial charge in [-0.1, -0.05) is 36.4 Å². The number of hydrogen-bond donors (Lipinski definition) is 1. The van der Waals surface area contributed by atoms with E-state index in [-0.39, 0.29) is 24.0 Å². The van der Waals surface area contributed by atoms with E-state index in [2.05, 4.69) is 12.2 Å². The fourth-order valence-corrected chi connectivity index (χ4v) is 7.13. The highest BCUT2D eigenvalue weighted by Gasteiger charge is 2.25. The van der Waals surface area contributed by atoms with E-state index in [4.69, 9.17) is 26.1 Å². The molecule has 1 atom stereocenters. The van der Waals surface area contributed by atoms with Crippen molar-refractivity contribution in [2.75, 3.05) is 17.9 Å². The van der Waals surface area contributed by atoms with Crippen molar-refractivity contribution in [3.8, 4) is 17.2 Å². The van der Waals surface area contributed by atoms with Crippen LogP contribution in [0.25, 0.3) is 15.9 Å². The molecule has 0 bridgehead atoms. The van der Waals surface area contributed by atoms with Gasteiger partial charge in [0, 0.05) is 21.7 Å². The maximum absolute atomic E-state index is 14.0. The number of amides is 1. The first-order valence-electron chi connectivity index (χ1n) is 12.0. The number of nitrogens with one attached hydrogen (secondary N) is 1. The Morgan fingerprint density at radius 1 is 1.24 bits per heavy atom. The molecule has 0 saturated heterocycles. The summed E-state index contributed by atoms with van der Waals surface area (Å²) in [5.74, 6) is 1.70. The Bertz CT molecular complexity index is 1610. The van der Waals surface area contributed by atoms with Gasteiger partial charge in [-0.15, -0.1) is 11.3 Å². The highest BCUT2D eigenvalue weighted by Crippen LogP contribution is 2.37. The predicted octanol–water partition coefficient (Wildman–Crippen LogP) is 5.99. The number of carbonyl (C=O) groups is 1. The van der Waals surface area contributed by atoms with Gasteiger partial charge in [-0.25, -0.2) is 4.98 Å². The number of fused-ring (bicyclic) bond motifs is 4. The minimum atomic E-state index is -0.217. The molecular weight excluding hydrogens is 530 g/mol. The average Bonchev–Trinajstić information content (AvgIpc) is 3.48. The Morgan fingerprint density at radius 3 is 2.92 bits per heavy atom. The van der Waals surface area contributed by atoms with Crippen LogP contribution >= 0.6 is 34.7 Å². The molecule has 3 heterocycles. The SMILES string of the molecule is Cc1ccc(-n2c(SCC(=O)Nc3ccc4c(c3)OCO4)nc3sc4c(c3c2=O)CC[C@@H](C)C4)cc1Cl. The molecule has 0 fully saturated rings. The highest BCUT2D eigenvalue weighted by molar-refractivity contribution is 7.99. The number of nitrogens with zero attached hydrogens (tertiary/aromatic N) is 2. The van der Waals surface area contributed by atoms with E-state index >= 15 is 0 Å². The van der Waals surface area contributed by atoms with E-state index in [1.54, 1.807) is 40.2 Å². The van der Waals surface area contributed by atoms with Crippen LogP contribution in [0.2, 0.25) is 5.02 Å². The molecule has 6 rings (SSSR count).